The molecule has 4 aromatic rings. The first kappa shape index (κ1) is 16.8. The molecule has 0 radical (unpaired) electrons. The first-order valence-corrected chi connectivity index (χ1v) is 8.33. The third-order valence-corrected chi connectivity index (χ3v) is 4.25. The molecular formula is C20H18N4O3. The Morgan fingerprint density at radius 2 is 1.59 bits per heavy atom. The van der Waals surface area contributed by atoms with Crippen LogP contribution < -0.4 is 14.2 Å². The van der Waals surface area contributed by atoms with Crippen LogP contribution in [0, 0.1) is 0 Å². The van der Waals surface area contributed by atoms with E-state index in [0.29, 0.717) is 28.9 Å². The number of nitrogens with zero attached hydrogens (tertiary/aromatic N) is 4. The maximum absolute atomic E-state index is 5.62. The molecule has 0 amide bonds. The lowest BCUT2D eigenvalue weighted by Crippen LogP contribution is -2.01. The Morgan fingerprint density at radius 1 is 0.815 bits per heavy atom. The fraction of sp³-hybridized carbons (Fsp3) is 0.150. The molecule has 7 nitrogen and oxygen atoms in total. The van der Waals surface area contributed by atoms with Crippen LogP contribution in [-0.2, 0) is 0 Å². The number of aromatic nitrogens is 4. The van der Waals surface area contributed by atoms with Gasteiger partial charge >= 0.3 is 0 Å². The van der Waals surface area contributed by atoms with Crippen molar-refractivity contribution in [2.24, 2.45) is 0 Å². The van der Waals surface area contributed by atoms with Crippen molar-refractivity contribution in [3.8, 4) is 39.9 Å². The van der Waals surface area contributed by atoms with E-state index in [4.69, 9.17) is 14.2 Å². The van der Waals surface area contributed by atoms with Crippen LogP contribution in [0.25, 0.3) is 28.4 Å². The van der Waals surface area contributed by atoms with Gasteiger partial charge in [-0.25, -0.2) is 4.98 Å². The molecule has 0 saturated heterocycles. The summed E-state index contributed by atoms with van der Waals surface area (Å²) in [7, 11) is 4.76. The SMILES string of the molecule is COc1ccc(-c2ccnc3nc(-c4ccccc4)nn23)c(OC)c1OC. The Kier molecular flexibility index (Phi) is 4.33. The molecular weight excluding hydrogens is 344 g/mol. The minimum Gasteiger partial charge on any atom is -0.493 e. The molecule has 0 atom stereocenters. The number of hydrogen-bond donors (Lipinski definition) is 0. The van der Waals surface area contributed by atoms with Crippen LogP contribution in [0.2, 0.25) is 0 Å². The molecule has 2 aromatic heterocycles. The van der Waals surface area contributed by atoms with Crippen molar-refractivity contribution in [2.75, 3.05) is 21.3 Å². The summed E-state index contributed by atoms with van der Waals surface area (Å²) in [5.74, 6) is 2.78. The number of fused-ring (bicyclic) bond motifs is 1. The number of rotatable bonds is 5. The highest BCUT2D eigenvalue weighted by molar-refractivity contribution is 5.75. The van der Waals surface area contributed by atoms with E-state index in [2.05, 4.69) is 15.1 Å². The zero-order valence-electron chi connectivity index (χ0n) is 15.2. The zero-order chi connectivity index (χ0) is 18.8. The molecule has 0 N–H and O–H groups in total. The van der Waals surface area contributed by atoms with Crippen LogP contribution in [0.4, 0.5) is 0 Å². The van der Waals surface area contributed by atoms with Gasteiger partial charge in [-0.15, -0.1) is 5.10 Å². The smallest absolute Gasteiger partial charge is 0.253 e. The van der Waals surface area contributed by atoms with E-state index in [1.54, 1.807) is 32.0 Å². The maximum Gasteiger partial charge on any atom is 0.253 e. The van der Waals surface area contributed by atoms with E-state index < -0.39 is 0 Å². The van der Waals surface area contributed by atoms with Gasteiger partial charge in [0.25, 0.3) is 5.78 Å². The Labute approximate surface area is 156 Å². The summed E-state index contributed by atoms with van der Waals surface area (Å²) < 4.78 is 18.2. The fourth-order valence-corrected chi connectivity index (χ4v) is 3.01. The van der Waals surface area contributed by atoms with E-state index in [-0.39, 0.29) is 0 Å². The van der Waals surface area contributed by atoms with E-state index in [0.717, 1.165) is 16.8 Å². The van der Waals surface area contributed by atoms with Crippen LogP contribution in [0.3, 0.4) is 0 Å². The quantitative estimate of drug-likeness (QED) is 0.541. The standard InChI is InChI=1S/C20H18N4O3/c1-25-16-10-9-14(17(26-2)18(16)27-3)15-11-12-21-20-22-19(23-24(15)20)13-7-5-4-6-8-13/h4-12H,1-3H3. The molecule has 0 fully saturated rings. The molecule has 0 aliphatic carbocycles. The summed E-state index contributed by atoms with van der Waals surface area (Å²) in [6.45, 7) is 0. The predicted molar refractivity (Wildman–Crippen MR) is 101 cm³/mol. The molecule has 27 heavy (non-hydrogen) atoms. The highest BCUT2D eigenvalue weighted by Crippen LogP contribution is 2.44. The van der Waals surface area contributed by atoms with Crippen LogP contribution >= 0.6 is 0 Å². The minimum atomic E-state index is 0.503. The normalized spacial score (nSPS) is 10.8. The first-order valence-electron chi connectivity index (χ1n) is 8.33. The summed E-state index contributed by atoms with van der Waals surface area (Å²) in [4.78, 5) is 8.88. The van der Waals surface area contributed by atoms with Gasteiger partial charge < -0.3 is 14.2 Å². The van der Waals surface area contributed by atoms with Crippen molar-refractivity contribution in [2.45, 2.75) is 0 Å². The molecule has 2 heterocycles. The fourth-order valence-electron chi connectivity index (χ4n) is 3.01. The van der Waals surface area contributed by atoms with E-state index in [9.17, 15) is 0 Å². The highest BCUT2D eigenvalue weighted by Gasteiger charge is 2.20. The number of methoxy groups -OCH3 is 3. The molecule has 0 unspecified atom stereocenters. The highest BCUT2D eigenvalue weighted by atomic mass is 16.5. The molecule has 4 rings (SSSR count). The minimum absolute atomic E-state index is 0.503. The van der Waals surface area contributed by atoms with E-state index in [1.165, 1.54) is 0 Å². The Bertz CT molecular complexity index is 1090. The van der Waals surface area contributed by atoms with E-state index in [1.807, 2.05) is 48.5 Å². The third-order valence-electron chi connectivity index (χ3n) is 4.25. The second kappa shape index (κ2) is 6.95. The molecule has 0 aliphatic rings. The molecule has 7 heteroatoms. The van der Waals surface area contributed by atoms with Gasteiger partial charge in [0.05, 0.1) is 27.0 Å². The number of hydrogen-bond acceptors (Lipinski definition) is 6. The zero-order valence-corrected chi connectivity index (χ0v) is 15.2. The molecule has 0 spiro atoms. The monoisotopic (exact) mass is 362 g/mol. The van der Waals surface area contributed by atoms with E-state index >= 15 is 0 Å². The summed E-state index contributed by atoms with van der Waals surface area (Å²) in [6, 6.07) is 15.4. The second-order valence-electron chi connectivity index (χ2n) is 5.73. The molecule has 0 bridgehead atoms. The van der Waals surface area contributed by atoms with Gasteiger partial charge in [0.1, 0.15) is 0 Å². The van der Waals surface area contributed by atoms with Crippen molar-refractivity contribution in [3.63, 3.8) is 0 Å². The van der Waals surface area contributed by atoms with Crippen molar-refractivity contribution in [1.29, 1.82) is 0 Å². The predicted octanol–water partition coefficient (Wildman–Crippen LogP) is 3.48. The summed E-state index contributed by atoms with van der Waals surface area (Å²) >= 11 is 0. The summed E-state index contributed by atoms with van der Waals surface area (Å²) in [5, 5.41) is 4.65. The van der Waals surface area contributed by atoms with Crippen molar-refractivity contribution < 1.29 is 14.2 Å². The summed E-state index contributed by atoms with van der Waals surface area (Å²) in [5.41, 5.74) is 2.51. The van der Waals surface area contributed by atoms with Gasteiger partial charge in [-0.05, 0) is 18.2 Å². The van der Waals surface area contributed by atoms with Gasteiger partial charge in [0.15, 0.2) is 17.3 Å². The lowest BCUT2D eigenvalue weighted by Gasteiger charge is -2.16. The Morgan fingerprint density at radius 3 is 2.30 bits per heavy atom. The lowest BCUT2D eigenvalue weighted by atomic mass is 10.1. The largest absolute Gasteiger partial charge is 0.493 e. The summed E-state index contributed by atoms with van der Waals surface area (Å²) in [6.07, 6.45) is 1.70. The maximum atomic E-state index is 5.62. The van der Waals surface area contributed by atoms with Crippen LogP contribution in [0.15, 0.2) is 54.7 Å². The third kappa shape index (κ3) is 2.83. The van der Waals surface area contributed by atoms with Gasteiger partial charge in [0, 0.05) is 17.3 Å². The lowest BCUT2D eigenvalue weighted by molar-refractivity contribution is 0.325. The average Bonchev–Trinajstić information content (AvgIpc) is 3.17. The molecule has 0 saturated carbocycles. The van der Waals surface area contributed by atoms with Gasteiger partial charge in [0.2, 0.25) is 5.75 Å². The van der Waals surface area contributed by atoms with Crippen LogP contribution in [0.1, 0.15) is 0 Å². The second-order valence-corrected chi connectivity index (χ2v) is 5.73. The van der Waals surface area contributed by atoms with Gasteiger partial charge in [-0.3, -0.25) is 0 Å². The van der Waals surface area contributed by atoms with Crippen molar-refractivity contribution in [3.05, 3.63) is 54.7 Å². The topological polar surface area (TPSA) is 70.8 Å². The van der Waals surface area contributed by atoms with Crippen LogP contribution in [-0.4, -0.2) is 40.9 Å². The number of benzene rings is 2. The van der Waals surface area contributed by atoms with Crippen molar-refractivity contribution >= 4 is 5.78 Å². The van der Waals surface area contributed by atoms with Crippen LogP contribution in [0.5, 0.6) is 17.2 Å². The van der Waals surface area contributed by atoms with Gasteiger partial charge in [-0.1, -0.05) is 30.3 Å². The Hall–Kier alpha value is -3.61. The average molecular weight is 362 g/mol. The van der Waals surface area contributed by atoms with Gasteiger partial charge in [-0.2, -0.15) is 9.50 Å². The first-order chi connectivity index (χ1) is 13.3. The van der Waals surface area contributed by atoms with Crippen molar-refractivity contribution in [1.82, 2.24) is 19.6 Å². The number of ether oxygens (including phenoxy) is 3. The molecule has 2 aromatic carbocycles. The Balaban J connectivity index is 1.94. The molecule has 0 aliphatic heterocycles. The molecule has 136 valence electrons.